The number of halogens is 2. The Morgan fingerprint density at radius 3 is 0.926 bits per heavy atom. The minimum absolute atomic E-state index is 0.0459. The van der Waals surface area contributed by atoms with Gasteiger partial charge in [0.15, 0.2) is 24.4 Å². The maximum Gasteiger partial charge on any atom is 0.329 e. The number of benzene rings is 4. The summed E-state index contributed by atoms with van der Waals surface area (Å²) in [7, 11) is 5.49. The van der Waals surface area contributed by atoms with Crippen LogP contribution in [-0.2, 0) is 83.2 Å². The SMILES string of the molecule is CC(C)C[C@H]1C(=O)O[C@H](Cc2ccc(Cn3cc(-c4ccc(F)cc4)cn3)cc2)C(=O)N(C)[C@@H](CC(C)C)C(=O)O[C@H](C)C(=O)N(C)[C@@H](CC(C)C)C(=O)O[C@H](Cc2ccc(Cn3cc(-c4ccc(F)cc4)cn3)cc2)C(=O)N(C)[C@@H](CC(C)C)C(=O)O[C@H](C)C(=O)N1C. The van der Waals surface area contributed by atoms with Gasteiger partial charge in [-0.05, 0) is 121 Å². The summed E-state index contributed by atoms with van der Waals surface area (Å²) in [4.78, 5) is 123. The molecule has 0 aliphatic carbocycles. The molecule has 3 heterocycles. The average molecular weight is 1300 g/mol. The summed E-state index contributed by atoms with van der Waals surface area (Å²) in [5, 5.41) is 8.97. The number of cyclic esters (lactones) is 4. The van der Waals surface area contributed by atoms with Crippen molar-refractivity contribution in [1.29, 1.82) is 0 Å². The number of amides is 4. The molecule has 4 aromatic carbocycles. The fourth-order valence-electron chi connectivity index (χ4n) is 11.3. The van der Waals surface area contributed by atoms with Crippen molar-refractivity contribution in [1.82, 2.24) is 39.2 Å². The van der Waals surface area contributed by atoms with Crippen molar-refractivity contribution in [3.05, 3.63) is 156 Å². The van der Waals surface area contributed by atoms with Crippen LogP contribution >= 0.6 is 0 Å². The molecule has 0 unspecified atom stereocenters. The first-order chi connectivity index (χ1) is 44.5. The van der Waals surface area contributed by atoms with E-state index in [1.807, 2.05) is 92.0 Å². The van der Waals surface area contributed by atoms with E-state index in [1.54, 1.807) is 70.3 Å². The third-order valence-electron chi connectivity index (χ3n) is 16.7. The maximum atomic E-state index is 15.2. The number of likely N-dealkylation sites (N-methyl/N-ethyl adjacent to an activating group) is 4. The summed E-state index contributed by atoms with van der Waals surface area (Å²) in [5.41, 5.74) is 5.96. The molecule has 4 amide bonds. The van der Waals surface area contributed by atoms with Gasteiger partial charge in [0.25, 0.3) is 23.6 Å². The molecule has 8 atom stereocenters. The van der Waals surface area contributed by atoms with Crippen molar-refractivity contribution in [3.8, 4) is 22.3 Å². The van der Waals surface area contributed by atoms with Gasteiger partial charge in [0.05, 0.1) is 25.5 Å². The van der Waals surface area contributed by atoms with Crippen molar-refractivity contribution < 1.29 is 66.1 Å². The molecule has 0 saturated carbocycles. The Kier molecular flexibility index (Phi) is 25.1. The van der Waals surface area contributed by atoms with Gasteiger partial charge in [-0.2, -0.15) is 10.2 Å². The van der Waals surface area contributed by atoms with Crippen LogP contribution in [0.25, 0.3) is 22.3 Å². The Bertz CT molecular complexity index is 3320. The molecule has 7 rings (SSSR count). The number of esters is 4. The summed E-state index contributed by atoms with van der Waals surface area (Å²) in [5.74, 6) is -8.57. The molecule has 2 aromatic heterocycles. The molecule has 504 valence electrons. The highest BCUT2D eigenvalue weighted by atomic mass is 19.1. The first kappa shape index (κ1) is 72.3. The topological polar surface area (TPSA) is 222 Å². The van der Waals surface area contributed by atoms with Crippen LogP contribution in [0.5, 0.6) is 0 Å². The van der Waals surface area contributed by atoms with Gasteiger partial charge >= 0.3 is 23.9 Å². The van der Waals surface area contributed by atoms with Crippen molar-refractivity contribution in [2.45, 2.75) is 169 Å². The minimum Gasteiger partial charge on any atom is -0.451 e. The van der Waals surface area contributed by atoms with E-state index in [0.717, 1.165) is 53.0 Å². The third-order valence-corrected chi connectivity index (χ3v) is 16.7. The van der Waals surface area contributed by atoms with Gasteiger partial charge in [0.2, 0.25) is 0 Å². The van der Waals surface area contributed by atoms with Gasteiger partial charge < -0.3 is 38.5 Å². The van der Waals surface area contributed by atoms with Crippen LogP contribution in [-0.4, -0.2) is 163 Å². The minimum atomic E-state index is -1.59. The number of ether oxygens (including phenoxy) is 4. The van der Waals surface area contributed by atoms with E-state index < -0.39 is 96.1 Å². The summed E-state index contributed by atoms with van der Waals surface area (Å²) in [6.07, 6.45) is 0.604. The third kappa shape index (κ3) is 19.5. The highest BCUT2D eigenvalue weighted by Crippen LogP contribution is 2.27. The lowest BCUT2D eigenvalue weighted by Crippen LogP contribution is -2.55. The zero-order chi connectivity index (χ0) is 68.8. The molecular formula is C72H90F2N8O12. The Balaban J connectivity index is 1.22. The van der Waals surface area contributed by atoms with Crippen LogP contribution in [0.1, 0.15) is 117 Å². The second-order valence-electron chi connectivity index (χ2n) is 26.3. The van der Waals surface area contributed by atoms with E-state index in [1.165, 1.54) is 66.3 Å². The maximum absolute atomic E-state index is 15.2. The number of rotatable bonds is 18. The van der Waals surface area contributed by atoms with E-state index in [0.29, 0.717) is 24.2 Å². The lowest BCUT2D eigenvalue weighted by atomic mass is 9.99. The monoisotopic (exact) mass is 1300 g/mol. The molecule has 0 bridgehead atoms. The molecule has 1 aliphatic rings. The van der Waals surface area contributed by atoms with Gasteiger partial charge in [-0.3, -0.25) is 28.5 Å². The van der Waals surface area contributed by atoms with E-state index in [4.69, 9.17) is 18.9 Å². The standard InChI is InChI=1S/C72H90F2N8O12/c1-43(2)31-59-69(87)91-47(9)65(83)77(11)62(34-46(7)8)72(90)94-64(36-50-17-21-52(22-18-50)40-82-42-56(38-76-82)54-25-29-58(74)30-26-54)68(86)80(14)60(32-44(3)4)70(88)92-48(10)66(84)78(12)61(33-45(5)6)71(89)93-63(67(85)79(59)13)35-49-15-19-51(20-16-49)39-81-41-55(37-75-81)53-23-27-57(73)28-24-53/h15-30,37-38,41-48,59-64H,31-36,39-40H2,1-14H3/t47-,48-,59+,60+,61+,62+,63-,64-/m1/s1. The quantitative estimate of drug-likeness (QED) is 0.0577. The summed E-state index contributed by atoms with van der Waals surface area (Å²) in [6.45, 7) is 18.1. The van der Waals surface area contributed by atoms with Crippen LogP contribution in [0.4, 0.5) is 8.78 Å². The van der Waals surface area contributed by atoms with Gasteiger partial charge in [0.1, 0.15) is 35.8 Å². The molecule has 20 nitrogen and oxygen atoms in total. The molecule has 0 N–H and O–H groups in total. The smallest absolute Gasteiger partial charge is 0.329 e. The van der Waals surface area contributed by atoms with Crippen LogP contribution in [0.3, 0.4) is 0 Å². The van der Waals surface area contributed by atoms with Crippen LogP contribution in [0, 0.1) is 35.3 Å². The Hall–Kier alpha value is -9.08. The van der Waals surface area contributed by atoms with Crippen molar-refractivity contribution in [3.63, 3.8) is 0 Å². The highest BCUT2D eigenvalue weighted by molar-refractivity contribution is 5.94. The van der Waals surface area contributed by atoms with Crippen molar-refractivity contribution in [2.75, 3.05) is 28.2 Å². The summed E-state index contributed by atoms with van der Waals surface area (Å²) >= 11 is 0. The number of hydrogen-bond donors (Lipinski definition) is 0. The second kappa shape index (κ2) is 32.7. The Morgan fingerprint density at radius 2 is 0.638 bits per heavy atom. The zero-order valence-corrected chi connectivity index (χ0v) is 56.4. The van der Waals surface area contributed by atoms with E-state index >= 15 is 9.59 Å². The lowest BCUT2D eigenvalue weighted by molar-refractivity contribution is -0.176. The molecule has 94 heavy (non-hydrogen) atoms. The number of carbonyl (C=O) groups excluding carboxylic acids is 8. The van der Waals surface area contributed by atoms with Gasteiger partial charge in [-0.15, -0.1) is 0 Å². The molecule has 1 aliphatic heterocycles. The number of aromatic nitrogens is 4. The van der Waals surface area contributed by atoms with Crippen LogP contribution in [0.15, 0.2) is 122 Å². The molecular weight excluding hydrogens is 1210 g/mol. The molecule has 0 radical (unpaired) electrons. The van der Waals surface area contributed by atoms with Gasteiger partial charge in [0, 0.05) is 64.6 Å². The fraction of sp³-hybridized carbons (Fsp3) is 0.472. The normalized spacial score (nSPS) is 21.5. The molecule has 22 heteroatoms. The average Bonchev–Trinajstić information content (AvgIpc) is 1.02. The Labute approximate surface area is 549 Å². The number of hydrogen-bond acceptors (Lipinski definition) is 14. The molecule has 1 saturated heterocycles. The van der Waals surface area contributed by atoms with Gasteiger partial charge in [-0.25, -0.2) is 28.0 Å². The lowest BCUT2D eigenvalue weighted by Gasteiger charge is -2.35. The van der Waals surface area contributed by atoms with E-state index in [-0.39, 0.29) is 73.8 Å². The zero-order valence-electron chi connectivity index (χ0n) is 56.4. The molecule has 1 fully saturated rings. The summed E-state index contributed by atoms with van der Waals surface area (Å²) < 4.78 is 55.1. The first-order valence-electron chi connectivity index (χ1n) is 32.1. The number of carbonyl (C=O) groups is 8. The molecule has 6 aromatic rings. The predicted octanol–water partition coefficient (Wildman–Crippen LogP) is 9.77. The van der Waals surface area contributed by atoms with Crippen LogP contribution in [0.2, 0.25) is 0 Å². The molecule has 0 spiro atoms. The second-order valence-corrected chi connectivity index (χ2v) is 26.3. The summed E-state index contributed by atoms with van der Waals surface area (Å²) in [6, 6.07) is 21.2. The van der Waals surface area contributed by atoms with Crippen molar-refractivity contribution in [2.24, 2.45) is 23.7 Å². The largest absolute Gasteiger partial charge is 0.451 e. The Morgan fingerprint density at radius 1 is 0.372 bits per heavy atom. The van der Waals surface area contributed by atoms with Gasteiger partial charge in [-0.1, -0.05) is 128 Å². The fourth-order valence-corrected chi connectivity index (χ4v) is 11.3. The van der Waals surface area contributed by atoms with E-state index in [9.17, 15) is 37.5 Å². The predicted molar refractivity (Wildman–Crippen MR) is 349 cm³/mol. The highest BCUT2D eigenvalue weighted by Gasteiger charge is 2.43. The van der Waals surface area contributed by atoms with E-state index in [2.05, 4.69) is 10.2 Å². The van der Waals surface area contributed by atoms with Crippen molar-refractivity contribution >= 4 is 47.5 Å². The van der Waals surface area contributed by atoms with Crippen LogP contribution < -0.4 is 0 Å². The first-order valence-corrected chi connectivity index (χ1v) is 32.1. The number of nitrogens with zero attached hydrogens (tertiary/aromatic N) is 8.